The third kappa shape index (κ3) is 5.58. The van der Waals surface area contributed by atoms with Crippen LogP contribution in [0.2, 0.25) is 0 Å². The lowest BCUT2D eigenvalue weighted by Gasteiger charge is -2.27. The summed E-state index contributed by atoms with van der Waals surface area (Å²) in [6.07, 6.45) is 4.05. The highest BCUT2D eigenvalue weighted by Gasteiger charge is 2.27. The molecule has 3 amide bonds. The number of rotatable bonds is 6. The first-order valence-corrected chi connectivity index (χ1v) is 10.8. The van der Waals surface area contributed by atoms with Gasteiger partial charge < -0.3 is 15.1 Å². The van der Waals surface area contributed by atoms with Crippen molar-refractivity contribution < 1.29 is 14.4 Å². The number of carbonyl (C=O) groups is 3. The first-order valence-electron chi connectivity index (χ1n) is 9.95. The molecular weight excluding hydrogens is 412 g/mol. The van der Waals surface area contributed by atoms with Crippen LogP contribution in [0.3, 0.4) is 0 Å². The van der Waals surface area contributed by atoms with Gasteiger partial charge in [0.2, 0.25) is 17.7 Å². The number of thiophene rings is 1. The zero-order valence-corrected chi connectivity index (χ0v) is 18.4. The van der Waals surface area contributed by atoms with E-state index in [1.54, 1.807) is 25.1 Å². The summed E-state index contributed by atoms with van der Waals surface area (Å²) in [4.78, 5) is 40.7. The van der Waals surface area contributed by atoms with Crippen molar-refractivity contribution in [3.63, 3.8) is 0 Å². The summed E-state index contributed by atoms with van der Waals surface area (Å²) < 4.78 is 0. The number of amides is 3. The van der Waals surface area contributed by atoms with E-state index in [-0.39, 0.29) is 30.6 Å². The van der Waals surface area contributed by atoms with E-state index in [1.807, 2.05) is 30.3 Å². The molecule has 2 heterocycles. The molecule has 0 saturated carbocycles. The minimum atomic E-state index is -0.311. The number of nitrogens with zero attached hydrogens (tertiary/aromatic N) is 3. The second-order valence-electron chi connectivity index (χ2n) is 7.41. The van der Waals surface area contributed by atoms with E-state index in [4.69, 9.17) is 0 Å². The van der Waals surface area contributed by atoms with Gasteiger partial charge in [-0.2, -0.15) is 5.26 Å². The molecule has 0 atom stereocenters. The third-order valence-electron chi connectivity index (χ3n) is 5.04. The number of carbonyl (C=O) groups excluding carboxylic acids is 3. The van der Waals surface area contributed by atoms with Crippen molar-refractivity contribution in [3.05, 3.63) is 58.0 Å². The lowest BCUT2D eigenvalue weighted by Crippen LogP contribution is -2.36. The van der Waals surface area contributed by atoms with Crippen LogP contribution in [0.15, 0.2) is 36.4 Å². The van der Waals surface area contributed by atoms with Crippen molar-refractivity contribution in [1.82, 2.24) is 9.80 Å². The zero-order valence-electron chi connectivity index (χ0n) is 17.6. The van der Waals surface area contributed by atoms with E-state index in [9.17, 15) is 19.6 Å². The summed E-state index contributed by atoms with van der Waals surface area (Å²) in [6.45, 7) is 0.883. The molecule has 8 heteroatoms. The minimum Gasteiger partial charge on any atom is -0.349 e. The molecule has 7 nitrogen and oxygen atoms in total. The predicted octanol–water partition coefficient (Wildman–Crippen LogP) is 3.02. The van der Waals surface area contributed by atoms with Gasteiger partial charge in [0.15, 0.2) is 0 Å². The Kier molecular flexibility index (Phi) is 7.21. The van der Waals surface area contributed by atoms with E-state index in [1.165, 1.54) is 22.3 Å². The molecule has 1 aromatic heterocycles. The molecule has 1 N–H and O–H groups in total. The summed E-state index contributed by atoms with van der Waals surface area (Å²) in [5.41, 5.74) is 2.27. The van der Waals surface area contributed by atoms with Gasteiger partial charge >= 0.3 is 0 Å². The molecule has 31 heavy (non-hydrogen) atoms. The summed E-state index contributed by atoms with van der Waals surface area (Å²) in [5.74, 6) is -0.472. The fourth-order valence-electron chi connectivity index (χ4n) is 3.31. The topological polar surface area (TPSA) is 93.5 Å². The molecule has 3 rings (SSSR count). The van der Waals surface area contributed by atoms with E-state index < -0.39 is 0 Å². The largest absolute Gasteiger partial charge is 0.349 e. The third-order valence-corrected chi connectivity index (χ3v) is 6.17. The Morgan fingerprint density at radius 3 is 2.65 bits per heavy atom. The van der Waals surface area contributed by atoms with Gasteiger partial charge in [0, 0.05) is 44.4 Å². The molecule has 0 aliphatic carbocycles. The lowest BCUT2D eigenvalue weighted by atomic mass is 10.0. The number of hydrogen-bond acceptors (Lipinski definition) is 5. The van der Waals surface area contributed by atoms with Crippen molar-refractivity contribution in [2.75, 3.05) is 26.0 Å². The van der Waals surface area contributed by atoms with Gasteiger partial charge in [-0.3, -0.25) is 14.4 Å². The van der Waals surface area contributed by atoms with E-state index in [2.05, 4.69) is 11.4 Å². The van der Waals surface area contributed by atoms with Gasteiger partial charge in [0.25, 0.3) is 0 Å². The second-order valence-corrected chi connectivity index (χ2v) is 8.51. The van der Waals surface area contributed by atoms with Gasteiger partial charge in [0.1, 0.15) is 11.1 Å². The van der Waals surface area contributed by atoms with Crippen LogP contribution in [0.1, 0.15) is 34.4 Å². The predicted molar refractivity (Wildman–Crippen MR) is 120 cm³/mol. The molecule has 0 fully saturated rings. The van der Waals surface area contributed by atoms with Gasteiger partial charge in [0.05, 0.1) is 12.1 Å². The number of nitriles is 1. The van der Waals surface area contributed by atoms with Crippen LogP contribution in [0.4, 0.5) is 5.00 Å². The van der Waals surface area contributed by atoms with Crippen molar-refractivity contribution >= 4 is 40.1 Å². The lowest BCUT2D eigenvalue weighted by molar-refractivity contribution is -0.136. The number of nitrogens with one attached hydrogen (secondary N) is 1. The number of anilines is 1. The van der Waals surface area contributed by atoms with Crippen molar-refractivity contribution in [2.45, 2.75) is 25.8 Å². The average Bonchev–Trinajstić information content (AvgIpc) is 3.12. The Labute approximate surface area is 185 Å². The molecule has 0 unspecified atom stereocenters. The Bertz CT molecular complexity index is 1050. The molecule has 1 aliphatic rings. The number of fused-ring (bicyclic) bond motifs is 1. The summed E-state index contributed by atoms with van der Waals surface area (Å²) >= 11 is 1.33. The van der Waals surface area contributed by atoms with Crippen LogP contribution in [0.5, 0.6) is 0 Å². The first kappa shape index (κ1) is 22.2. The first-order chi connectivity index (χ1) is 14.9. The molecule has 0 saturated heterocycles. The molecule has 160 valence electrons. The summed E-state index contributed by atoms with van der Waals surface area (Å²) in [7, 11) is 3.33. The van der Waals surface area contributed by atoms with Gasteiger partial charge in [-0.05, 0) is 23.6 Å². The summed E-state index contributed by atoms with van der Waals surface area (Å²) in [6, 6.07) is 11.7. The molecule has 0 spiro atoms. The fraction of sp³-hybridized carbons (Fsp3) is 0.304. The van der Waals surface area contributed by atoms with Crippen LogP contribution in [0.25, 0.3) is 6.08 Å². The van der Waals surface area contributed by atoms with Crippen LogP contribution in [-0.2, 0) is 27.3 Å². The maximum atomic E-state index is 12.5. The molecular formula is C23H24N4O3S. The standard InChI is InChI=1S/C23H24N4O3S/c1-26(2)21(29)10-11-22(30)27-13-12-17-18(14-24)23(31-19(17)15-27)25-20(28)9-8-16-6-4-3-5-7-16/h3-9H,10-13,15H2,1-2H3,(H,25,28)/b9-8+. The summed E-state index contributed by atoms with van der Waals surface area (Å²) in [5, 5.41) is 12.9. The molecule has 0 radical (unpaired) electrons. The SMILES string of the molecule is CN(C)C(=O)CCC(=O)N1CCc2c(sc(NC(=O)/C=C/c3ccccc3)c2C#N)C1. The van der Waals surface area contributed by atoms with Crippen LogP contribution in [-0.4, -0.2) is 48.2 Å². The van der Waals surface area contributed by atoms with Crippen LogP contribution < -0.4 is 5.32 Å². The van der Waals surface area contributed by atoms with E-state index in [0.29, 0.717) is 30.1 Å². The molecule has 1 aliphatic heterocycles. The Hall–Kier alpha value is -3.44. The normalized spacial score (nSPS) is 12.9. The zero-order chi connectivity index (χ0) is 22.4. The maximum absolute atomic E-state index is 12.5. The van der Waals surface area contributed by atoms with Gasteiger partial charge in [-0.25, -0.2) is 0 Å². The molecule has 2 aromatic rings. The highest BCUT2D eigenvalue weighted by atomic mass is 32.1. The smallest absolute Gasteiger partial charge is 0.249 e. The molecule has 1 aromatic carbocycles. The van der Waals surface area contributed by atoms with Crippen molar-refractivity contribution in [1.29, 1.82) is 5.26 Å². The maximum Gasteiger partial charge on any atom is 0.249 e. The van der Waals surface area contributed by atoms with Crippen LogP contribution in [0, 0.1) is 11.3 Å². The van der Waals surface area contributed by atoms with Gasteiger partial charge in [-0.1, -0.05) is 30.3 Å². The van der Waals surface area contributed by atoms with E-state index >= 15 is 0 Å². The van der Waals surface area contributed by atoms with Gasteiger partial charge in [-0.15, -0.1) is 11.3 Å². The quantitative estimate of drug-likeness (QED) is 0.705. The second kappa shape index (κ2) is 10.0. The fourth-order valence-corrected chi connectivity index (χ4v) is 4.52. The van der Waals surface area contributed by atoms with E-state index in [0.717, 1.165) is 16.0 Å². The Balaban J connectivity index is 1.66. The monoisotopic (exact) mass is 436 g/mol. The Morgan fingerprint density at radius 2 is 1.97 bits per heavy atom. The highest BCUT2D eigenvalue weighted by Crippen LogP contribution is 2.36. The van der Waals surface area contributed by atoms with Crippen LogP contribution >= 0.6 is 11.3 Å². The Morgan fingerprint density at radius 1 is 1.23 bits per heavy atom. The van der Waals surface area contributed by atoms with Crippen molar-refractivity contribution in [2.24, 2.45) is 0 Å². The molecule has 0 bridgehead atoms. The number of hydrogen-bond donors (Lipinski definition) is 1. The van der Waals surface area contributed by atoms with Crippen molar-refractivity contribution in [3.8, 4) is 6.07 Å². The average molecular weight is 437 g/mol. The number of benzene rings is 1. The minimum absolute atomic E-state index is 0.0795. The highest BCUT2D eigenvalue weighted by molar-refractivity contribution is 7.16.